The lowest BCUT2D eigenvalue weighted by molar-refractivity contribution is 0.971. The number of rotatable bonds is 3. The average molecular weight is 189 g/mol. The zero-order chi connectivity index (χ0) is 9.80. The Labute approximate surface area is 81.4 Å². The summed E-state index contributed by atoms with van der Waals surface area (Å²) in [5, 5.41) is 6.90. The molecule has 0 unspecified atom stereocenters. The molecule has 3 N–H and O–H groups in total. The molecule has 2 heterocycles. The van der Waals surface area contributed by atoms with Gasteiger partial charge in [-0.15, -0.1) is 0 Å². The lowest BCUT2D eigenvalue weighted by Gasteiger charge is -1.99. The number of aromatic amines is 1. The maximum Gasteiger partial charge on any atom is 0.115 e. The Morgan fingerprint density at radius 2 is 2.00 bits per heavy atom. The van der Waals surface area contributed by atoms with Crippen LogP contribution in [0, 0.1) is 0 Å². The Hall–Kier alpha value is -1.75. The number of nitrogens with two attached hydrogens (primary N) is 1. The zero-order valence-corrected chi connectivity index (χ0v) is 7.64. The maximum atomic E-state index is 5.49. The fraction of sp³-hybridized carbons (Fsp3) is 0.222. The van der Waals surface area contributed by atoms with E-state index < -0.39 is 0 Å². The monoisotopic (exact) mass is 189 g/mol. The Kier molecular flexibility index (Phi) is 2.51. The highest BCUT2D eigenvalue weighted by molar-refractivity contribution is 5.60. The molecule has 0 bridgehead atoms. The summed E-state index contributed by atoms with van der Waals surface area (Å²) in [7, 11) is 0. The van der Waals surface area contributed by atoms with E-state index in [2.05, 4.69) is 20.2 Å². The summed E-state index contributed by atoms with van der Waals surface area (Å²) in [5.74, 6) is 0. The van der Waals surface area contributed by atoms with Crippen LogP contribution in [0.4, 0.5) is 0 Å². The molecule has 0 fully saturated rings. The van der Waals surface area contributed by atoms with E-state index >= 15 is 0 Å². The van der Waals surface area contributed by atoms with E-state index in [9.17, 15) is 0 Å². The van der Waals surface area contributed by atoms with Gasteiger partial charge in [-0.05, 0) is 18.5 Å². The Bertz CT molecular complexity index is 395. The molecular formula is C9H11N5. The summed E-state index contributed by atoms with van der Waals surface area (Å²) < 4.78 is 0. The molecule has 2 aromatic heterocycles. The molecular weight excluding hydrogens is 178 g/mol. The van der Waals surface area contributed by atoms with Gasteiger partial charge in [0.2, 0.25) is 0 Å². The second kappa shape index (κ2) is 3.97. The van der Waals surface area contributed by atoms with Crippen molar-refractivity contribution in [2.45, 2.75) is 6.42 Å². The molecule has 0 saturated carbocycles. The van der Waals surface area contributed by atoms with Crippen molar-refractivity contribution >= 4 is 0 Å². The van der Waals surface area contributed by atoms with Gasteiger partial charge in [0.1, 0.15) is 6.33 Å². The van der Waals surface area contributed by atoms with Gasteiger partial charge in [-0.1, -0.05) is 0 Å². The van der Waals surface area contributed by atoms with E-state index in [0.29, 0.717) is 6.54 Å². The summed E-state index contributed by atoms with van der Waals surface area (Å²) in [4.78, 5) is 7.90. The molecule has 14 heavy (non-hydrogen) atoms. The summed E-state index contributed by atoms with van der Waals surface area (Å²) in [5.41, 5.74) is 8.49. The Balaban J connectivity index is 2.37. The van der Waals surface area contributed by atoms with Crippen LogP contribution in [0.15, 0.2) is 24.9 Å². The third-order valence-corrected chi connectivity index (χ3v) is 1.98. The predicted molar refractivity (Wildman–Crippen MR) is 52.4 cm³/mol. The minimum atomic E-state index is 0.611. The van der Waals surface area contributed by atoms with E-state index in [-0.39, 0.29) is 0 Å². The number of H-pyrrole nitrogens is 1. The second-order valence-corrected chi connectivity index (χ2v) is 2.94. The van der Waals surface area contributed by atoms with Crippen LogP contribution in [0.1, 0.15) is 5.56 Å². The van der Waals surface area contributed by atoms with Crippen molar-refractivity contribution in [3.05, 3.63) is 30.5 Å². The van der Waals surface area contributed by atoms with Crippen molar-refractivity contribution < 1.29 is 0 Å². The van der Waals surface area contributed by atoms with Gasteiger partial charge < -0.3 is 5.73 Å². The lowest BCUT2D eigenvalue weighted by atomic mass is 10.1. The number of hydrogen-bond acceptors (Lipinski definition) is 4. The molecule has 5 heteroatoms. The van der Waals surface area contributed by atoms with Crippen LogP contribution >= 0.6 is 0 Å². The highest BCUT2D eigenvalue weighted by Gasteiger charge is 2.06. The van der Waals surface area contributed by atoms with E-state index in [1.54, 1.807) is 18.6 Å². The highest BCUT2D eigenvalue weighted by atomic mass is 15.1. The molecule has 0 amide bonds. The third kappa shape index (κ3) is 1.62. The zero-order valence-electron chi connectivity index (χ0n) is 7.64. The van der Waals surface area contributed by atoms with Crippen LogP contribution in [0.5, 0.6) is 0 Å². The largest absolute Gasteiger partial charge is 0.330 e. The van der Waals surface area contributed by atoms with E-state index in [4.69, 9.17) is 5.73 Å². The van der Waals surface area contributed by atoms with Gasteiger partial charge in [-0.3, -0.25) is 5.10 Å². The summed E-state index contributed by atoms with van der Waals surface area (Å²) in [6.07, 6.45) is 7.60. The number of nitrogens with zero attached hydrogens (tertiary/aromatic N) is 3. The molecule has 5 nitrogen and oxygen atoms in total. The number of hydrogen-bond donors (Lipinski definition) is 2. The second-order valence-electron chi connectivity index (χ2n) is 2.94. The molecule has 0 aliphatic heterocycles. The highest BCUT2D eigenvalue weighted by Crippen LogP contribution is 2.18. The molecule has 0 aliphatic carbocycles. The van der Waals surface area contributed by atoms with Crippen molar-refractivity contribution in [1.29, 1.82) is 0 Å². The van der Waals surface area contributed by atoms with Gasteiger partial charge >= 0.3 is 0 Å². The van der Waals surface area contributed by atoms with E-state index in [0.717, 1.165) is 23.2 Å². The number of aromatic nitrogens is 4. The minimum Gasteiger partial charge on any atom is -0.330 e. The first-order valence-corrected chi connectivity index (χ1v) is 4.39. The predicted octanol–water partition coefficient (Wildman–Crippen LogP) is 0.368. The van der Waals surface area contributed by atoms with E-state index in [1.165, 1.54) is 6.33 Å². The molecule has 0 spiro atoms. The molecule has 72 valence electrons. The fourth-order valence-corrected chi connectivity index (χ4v) is 1.33. The lowest BCUT2D eigenvalue weighted by Crippen LogP contribution is -2.02. The molecule has 0 atom stereocenters. The summed E-state index contributed by atoms with van der Waals surface area (Å²) in [6.45, 7) is 0.611. The number of nitrogens with one attached hydrogen (secondary N) is 1. The fourth-order valence-electron chi connectivity index (χ4n) is 1.33. The molecule has 0 aromatic carbocycles. The van der Waals surface area contributed by atoms with Crippen LogP contribution in [0.25, 0.3) is 11.3 Å². The quantitative estimate of drug-likeness (QED) is 0.730. The molecule has 2 rings (SSSR count). The third-order valence-electron chi connectivity index (χ3n) is 1.98. The van der Waals surface area contributed by atoms with Crippen LogP contribution < -0.4 is 5.73 Å². The smallest absolute Gasteiger partial charge is 0.115 e. The van der Waals surface area contributed by atoms with Crippen LogP contribution in [0.2, 0.25) is 0 Å². The normalized spacial score (nSPS) is 10.4. The van der Waals surface area contributed by atoms with Crippen LogP contribution in [-0.2, 0) is 6.42 Å². The minimum absolute atomic E-state index is 0.611. The van der Waals surface area contributed by atoms with E-state index in [1.807, 2.05) is 0 Å². The Morgan fingerprint density at radius 1 is 1.21 bits per heavy atom. The van der Waals surface area contributed by atoms with Gasteiger partial charge in [-0.2, -0.15) is 5.10 Å². The molecule has 0 saturated heterocycles. The van der Waals surface area contributed by atoms with Crippen LogP contribution in [-0.4, -0.2) is 26.7 Å². The molecule has 0 radical (unpaired) electrons. The van der Waals surface area contributed by atoms with Crippen molar-refractivity contribution in [2.24, 2.45) is 5.73 Å². The van der Waals surface area contributed by atoms with Crippen molar-refractivity contribution in [1.82, 2.24) is 20.2 Å². The van der Waals surface area contributed by atoms with Crippen molar-refractivity contribution in [3.8, 4) is 11.3 Å². The standard InChI is InChI=1S/C9H11N5/c10-2-1-7-5-13-14-9(7)8-3-11-6-12-4-8/h3-6H,1-2,10H2,(H,13,14). The van der Waals surface area contributed by atoms with Crippen LogP contribution in [0.3, 0.4) is 0 Å². The maximum absolute atomic E-state index is 5.49. The summed E-state index contributed by atoms with van der Waals surface area (Å²) >= 11 is 0. The molecule has 2 aromatic rings. The van der Waals surface area contributed by atoms with Gasteiger partial charge in [0.05, 0.1) is 11.9 Å². The topological polar surface area (TPSA) is 80.5 Å². The summed E-state index contributed by atoms with van der Waals surface area (Å²) in [6, 6.07) is 0. The van der Waals surface area contributed by atoms with Gasteiger partial charge in [0.15, 0.2) is 0 Å². The SMILES string of the molecule is NCCc1cn[nH]c1-c1cncnc1. The first-order valence-electron chi connectivity index (χ1n) is 4.39. The molecule has 0 aliphatic rings. The van der Waals surface area contributed by atoms with Gasteiger partial charge in [-0.25, -0.2) is 9.97 Å². The van der Waals surface area contributed by atoms with Crippen molar-refractivity contribution in [3.63, 3.8) is 0 Å². The van der Waals surface area contributed by atoms with Gasteiger partial charge in [0.25, 0.3) is 0 Å². The Morgan fingerprint density at radius 3 is 2.71 bits per heavy atom. The average Bonchev–Trinajstić information content (AvgIpc) is 2.68. The van der Waals surface area contributed by atoms with Gasteiger partial charge in [0, 0.05) is 18.0 Å². The first kappa shape index (κ1) is 8.83. The first-order chi connectivity index (χ1) is 6.92. The van der Waals surface area contributed by atoms with Crippen molar-refractivity contribution in [2.75, 3.05) is 6.54 Å².